The molecular weight excluding hydrogens is 252 g/mol. The third kappa shape index (κ3) is 2.90. The Morgan fingerprint density at radius 3 is 2.88 bits per heavy atom. The van der Waals surface area contributed by atoms with Gasteiger partial charge in [-0.05, 0) is 31.5 Å². The summed E-state index contributed by atoms with van der Waals surface area (Å²) >= 11 is 10.8. The molecule has 17 heavy (non-hydrogen) atoms. The lowest BCUT2D eigenvalue weighted by Gasteiger charge is -2.36. The minimum Gasteiger partial charge on any atom is -0.365 e. The molecule has 1 saturated heterocycles. The fourth-order valence-corrected chi connectivity index (χ4v) is 2.67. The number of thiol groups is 1. The molecule has 1 aromatic rings. The molecule has 1 heterocycles. The Morgan fingerprint density at radius 1 is 1.53 bits per heavy atom. The summed E-state index contributed by atoms with van der Waals surface area (Å²) in [5, 5.41) is 4.44. The number of halogens is 1. The van der Waals surface area contributed by atoms with Gasteiger partial charge in [0.15, 0.2) is 0 Å². The maximum Gasteiger partial charge on any atom is 0.0642 e. The Balaban J connectivity index is 2.26. The van der Waals surface area contributed by atoms with Crippen LogP contribution in [0.5, 0.6) is 0 Å². The summed E-state index contributed by atoms with van der Waals surface area (Å²) in [7, 11) is 0. The monoisotopic (exact) mass is 270 g/mol. The predicted molar refractivity (Wildman–Crippen MR) is 78.5 cm³/mol. The molecule has 94 valence electrons. The zero-order valence-corrected chi connectivity index (χ0v) is 11.9. The molecule has 2 atom stereocenters. The summed E-state index contributed by atoms with van der Waals surface area (Å²) in [6.45, 7) is 7.32. The summed E-state index contributed by atoms with van der Waals surface area (Å²) < 4.78 is 0. The smallest absolute Gasteiger partial charge is 0.0642 e. The molecule has 0 aromatic heterocycles. The SMILES string of the molecule is CC(S)c1ccc(N2CCNC[C@H]2C)c(Cl)c1. The number of hydrogen-bond acceptors (Lipinski definition) is 3. The highest BCUT2D eigenvalue weighted by atomic mass is 35.5. The van der Waals surface area contributed by atoms with Crippen molar-refractivity contribution in [2.45, 2.75) is 25.1 Å². The van der Waals surface area contributed by atoms with Gasteiger partial charge >= 0.3 is 0 Å². The molecule has 0 saturated carbocycles. The highest BCUT2D eigenvalue weighted by molar-refractivity contribution is 7.80. The summed E-state index contributed by atoms with van der Waals surface area (Å²) in [6.07, 6.45) is 0. The van der Waals surface area contributed by atoms with E-state index < -0.39 is 0 Å². The minimum atomic E-state index is 0.224. The van der Waals surface area contributed by atoms with Gasteiger partial charge in [-0.3, -0.25) is 0 Å². The molecule has 1 fully saturated rings. The van der Waals surface area contributed by atoms with Gasteiger partial charge in [-0.2, -0.15) is 12.6 Å². The number of piperazine rings is 1. The second-order valence-corrected chi connectivity index (χ2v) is 5.82. The van der Waals surface area contributed by atoms with Gasteiger partial charge in [-0.1, -0.05) is 17.7 Å². The molecule has 1 N–H and O–H groups in total. The number of nitrogens with one attached hydrogen (secondary N) is 1. The molecule has 1 aliphatic heterocycles. The van der Waals surface area contributed by atoms with Gasteiger partial charge in [0.1, 0.15) is 0 Å². The maximum absolute atomic E-state index is 6.38. The first-order chi connectivity index (χ1) is 8.09. The quantitative estimate of drug-likeness (QED) is 0.803. The van der Waals surface area contributed by atoms with E-state index in [1.54, 1.807) is 0 Å². The average Bonchev–Trinajstić information content (AvgIpc) is 2.30. The van der Waals surface area contributed by atoms with E-state index >= 15 is 0 Å². The van der Waals surface area contributed by atoms with E-state index in [-0.39, 0.29) is 5.25 Å². The van der Waals surface area contributed by atoms with Gasteiger partial charge < -0.3 is 10.2 Å². The minimum absolute atomic E-state index is 0.224. The average molecular weight is 271 g/mol. The van der Waals surface area contributed by atoms with E-state index in [4.69, 9.17) is 11.6 Å². The lowest BCUT2D eigenvalue weighted by Crippen LogP contribution is -2.50. The maximum atomic E-state index is 6.38. The lowest BCUT2D eigenvalue weighted by atomic mass is 10.1. The Morgan fingerprint density at radius 2 is 2.29 bits per heavy atom. The molecule has 1 aliphatic rings. The molecular formula is C13H19ClN2S. The number of hydrogen-bond donors (Lipinski definition) is 2. The number of benzene rings is 1. The predicted octanol–water partition coefficient (Wildman–Crippen LogP) is 3.13. The largest absolute Gasteiger partial charge is 0.365 e. The van der Waals surface area contributed by atoms with Crippen LogP contribution < -0.4 is 10.2 Å². The van der Waals surface area contributed by atoms with Crippen molar-refractivity contribution in [1.82, 2.24) is 5.32 Å². The lowest BCUT2D eigenvalue weighted by molar-refractivity contribution is 0.501. The molecule has 1 aromatic carbocycles. The standard InChI is InChI=1S/C13H19ClN2S/c1-9-8-15-5-6-16(9)13-4-3-11(10(2)17)7-12(13)14/h3-4,7,9-10,15,17H,5-6,8H2,1-2H3/t9-,10?/m1/s1. The van der Waals surface area contributed by atoms with Crippen molar-refractivity contribution >= 4 is 29.9 Å². The van der Waals surface area contributed by atoms with Crippen LogP contribution in [0, 0.1) is 0 Å². The molecule has 0 spiro atoms. The normalized spacial score (nSPS) is 22.6. The fraction of sp³-hybridized carbons (Fsp3) is 0.538. The molecule has 0 bridgehead atoms. The molecule has 2 rings (SSSR count). The van der Waals surface area contributed by atoms with Crippen molar-refractivity contribution in [2.75, 3.05) is 24.5 Å². The van der Waals surface area contributed by atoms with Crippen molar-refractivity contribution in [3.05, 3.63) is 28.8 Å². The van der Waals surface area contributed by atoms with E-state index in [1.165, 1.54) is 5.56 Å². The third-order valence-electron chi connectivity index (χ3n) is 3.26. The number of anilines is 1. The number of nitrogens with zero attached hydrogens (tertiary/aromatic N) is 1. The third-order valence-corrected chi connectivity index (χ3v) is 3.87. The van der Waals surface area contributed by atoms with Crippen molar-refractivity contribution < 1.29 is 0 Å². The van der Waals surface area contributed by atoms with Crippen LogP contribution in [-0.2, 0) is 0 Å². The van der Waals surface area contributed by atoms with Crippen molar-refractivity contribution in [3.8, 4) is 0 Å². The molecule has 0 radical (unpaired) electrons. The zero-order valence-electron chi connectivity index (χ0n) is 10.3. The Hall–Kier alpha value is -0.380. The molecule has 2 nitrogen and oxygen atoms in total. The van der Waals surface area contributed by atoms with E-state index in [1.807, 2.05) is 6.07 Å². The van der Waals surface area contributed by atoms with E-state index in [9.17, 15) is 0 Å². The van der Waals surface area contributed by atoms with Crippen LogP contribution in [0.2, 0.25) is 5.02 Å². The van der Waals surface area contributed by atoms with E-state index in [2.05, 4.69) is 48.8 Å². The van der Waals surface area contributed by atoms with E-state index in [0.717, 1.165) is 30.3 Å². The van der Waals surface area contributed by atoms with Crippen LogP contribution in [0.3, 0.4) is 0 Å². The van der Waals surface area contributed by atoms with Crippen molar-refractivity contribution in [1.29, 1.82) is 0 Å². The van der Waals surface area contributed by atoms with Gasteiger partial charge in [-0.15, -0.1) is 0 Å². The molecule has 0 amide bonds. The van der Waals surface area contributed by atoms with Gasteiger partial charge in [0.2, 0.25) is 0 Å². The highest BCUT2D eigenvalue weighted by Crippen LogP contribution is 2.31. The number of rotatable bonds is 2. The molecule has 4 heteroatoms. The Kier molecular flexibility index (Phi) is 4.23. The van der Waals surface area contributed by atoms with Crippen LogP contribution in [0.15, 0.2) is 18.2 Å². The first kappa shape index (κ1) is 13.1. The topological polar surface area (TPSA) is 15.3 Å². The highest BCUT2D eigenvalue weighted by Gasteiger charge is 2.20. The van der Waals surface area contributed by atoms with Gasteiger partial charge in [0, 0.05) is 30.9 Å². The van der Waals surface area contributed by atoms with Gasteiger partial charge in [0.05, 0.1) is 10.7 Å². The van der Waals surface area contributed by atoms with Crippen LogP contribution in [0.4, 0.5) is 5.69 Å². The summed E-state index contributed by atoms with van der Waals surface area (Å²) in [4.78, 5) is 2.37. The summed E-state index contributed by atoms with van der Waals surface area (Å²) in [5.41, 5.74) is 2.31. The van der Waals surface area contributed by atoms with Crippen molar-refractivity contribution in [2.24, 2.45) is 0 Å². The van der Waals surface area contributed by atoms with Crippen molar-refractivity contribution in [3.63, 3.8) is 0 Å². The Labute approximate surface area is 114 Å². The van der Waals surface area contributed by atoms with E-state index in [0.29, 0.717) is 6.04 Å². The Bertz CT molecular complexity index is 395. The van der Waals surface area contributed by atoms with Gasteiger partial charge in [0.25, 0.3) is 0 Å². The summed E-state index contributed by atoms with van der Waals surface area (Å²) in [6, 6.07) is 6.75. The van der Waals surface area contributed by atoms with Gasteiger partial charge in [-0.25, -0.2) is 0 Å². The van der Waals surface area contributed by atoms with Crippen LogP contribution >= 0.6 is 24.2 Å². The summed E-state index contributed by atoms with van der Waals surface area (Å²) in [5.74, 6) is 0. The first-order valence-electron chi connectivity index (χ1n) is 6.04. The second kappa shape index (κ2) is 5.51. The molecule has 0 aliphatic carbocycles. The van der Waals surface area contributed by atoms with Crippen LogP contribution in [-0.4, -0.2) is 25.7 Å². The second-order valence-electron chi connectivity index (χ2n) is 4.63. The fourth-order valence-electron chi connectivity index (χ4n) is 2.21. The van der Waals surface area contributed by atoms with Crippen LogP contribution in [0.25, 0.3) is 0 Å². The molecule has 1 unspecified atom stereocenters. The zero-order chi connectivity index (χ0) is 12.4. The first-order valence-corrected chi connectivity index (χ1v) is 6.94. The van der Waals surface area contributed by atoms with Crippen LogP contribution in [0.1, 0.15) is 24.7 Å².